The molecule has 0 heterocycles. The highest BCUT2D eigenvalue weighted by Gasteiger charge is 2.26. The molecule has 1 fully saturated rings. The van der Waals surface area contributed by atoms with E-state index in [0.717, 1.165) is 18.9 Å². The molecule has 3 nitrogen and oxygen atoms in total. The molecule has 1 aliphatic carbocycles. The molecule has 0 aromatic carbocycles. The predicted octanol–water partition coefficient (Wildman–Crippen LogP) is 0.809. The fraction of sp³-hybridized carbons (Fsp3) is 1.00. The number of nitrogens with one attached hydrogen (secondary N) is 1. The van der Waals surface area contributed by atoms with Crippen molar-refractivity contribution in [3.63, 3.8) is 0 Å². The highest BCUT2D eigenvalue weighted by Crippen LogP contribution is 2.33. The highest BCUT2D eigenvalue weighted by molar-refractivity contribution is 7.90. The topological polar surface area (TPSA) is 46.2 Å². The second-order valence-electron chi connectivity index (χ2n) is 4.03. The van der Waals surface area contributed by atoms with Crippen LogP contribution in [0.4, 0.5) is 0 Å². The molecule has 0 bridgehead atoms. The number of hydrogen-bond acceptors (Lipinski definition) is 3. The van der Waals surface area contributed by atoms with Crippen molar-refractivity contribution in [3.8, 4) is 0 Å². The Morgan fingerprint density at radius 1 is 1.46 bits per heavy atom. The van der Waals surface area contributed by atoms with Gasteiger partial charge in [0.1, 0.15) is 9.84 Å². The van der Waals surface area contributed by atoms with Gasteiger partial charge < -0.3 is 5.32 Å². The molecule has 0 amide bonds. The number of sulfone groups is 1. The first-order chi connectivity index (χ1) is 6.01. The van der Waals surface area contributed by atoms with Gasteiger partial charge in [-0.05, 0) is 18.9 Å². The Bertz CT molecular complexity index is 244. The molecule has 1 atom stereocenters. The normalized spacial score (nSPS) is 20.2. The van der Waals surface area contributed by atoms with Gasteiger partial charge in [-0.2, -0.15) is 0 Å². The molecule has 0 aliphatic heterocycles. The summed E-state index contributed by atoms with van der Waals surface area (Å²) in [5.41, 5.74) is 0. The van der Waals surface area contributed by atoms with Crippen LogP contribution >= 0.6 is 0 Å². The van der Waals surface area contributed by atoms with Gasteiger partial charge in [0.2, 0.25) is 0 Å². The zero-order valence-corrected chi connectivity index (χ0v) is 9.23. The summed E-state index contributed by atoms with van der Waals surface area (Å²) in [5.74, 6) is 1.07. The van der Waals surface area contributed by atoms with Crippen LogP contribution in [0.15, 0.2) is 0 Å². The zero-order chi connectivity index (χ0) is 9.90. The quantitative estimate of drug-likeness (QED) is 0.698. The summed E-state index contributed by atoms with van der Waals surface area (Å²) in [6.45, 7) is 2.87. The summed E-state index contributed by atoms with van der Waals surface area (Å²) in [6, 6.07) is 0.174. The predicted molar refractivity (Wildman–Crippen MR) is 54.5 cm³/mol. The van der Waals surface area contributed by atoms with Gasteiger partial charge in [0, 0.05) is 12.3 Å². The standard InChI is InChI=1S/C9H19NO2S/c1-3-10-9(6-8-4-5-8)7-13(2,11)12/h8-10H,3-7H2,1-2H3. The Hall–Kier alpha value is -0.0900. The van der Waals surface area contributed by atoms with E-state index in [1.54, 1.807) is 0 Å². The van der Waals surface area contributed by atoms with Gasteiger partial charge in [-0.3, -0.25) is 0 Å². The number of hydrogen-bond donors (Lipinski definition) is 1. The number of rotatable bonds is 6. The second kappa shape index (κ2) is 4.42. The van der Waals surface area contributed by atoms with E-state index in [1.807, 2.05) is 6.92 Å². The van der Waals surface area contributed by atoms with Crippen molar-refractivity contribution < 1.29 is 8.42 Å². The zero-order valence-electron chi connectivity index (χ0n) is 8.41. The fourth-order valence-corrected chi connectivity index (χ4v) is 2.61. The lowest BCUT2D eigenvalue weighted by Crippen LogP contribution is -2.35. The minimum absolute atomic E-state index is 0.174. The first-order valence-electron chi connectivity index (χ1n) is 4.92. The van der Waals surface area contributed by atoms with Crippen molar-refractivity contribution in [1.29, 1.82) is 0 Å². The van der Waals surface area contributed by atoms with Crippen molar-refractivity contribution in [1.82, 2.24) is 5.32 Å². The maximum Gasteiger partial charge on any atom is 0.148 e. The van der Waals surface area contributed by atoms with Crippen LogP contribution in [0.1, 0.15) is 26.2 Å². The molecule has 1 rings (SSSR count). The van der Waals surface area contributed by atoms with Gasteiger partial charge >= 0.3 is 0 Å². The van der Waals surface area contributed by atoms with Crippen LogP contribution in [0.25, 0.3) is 0 Å². The molecular formula is C9H19NO2S. The van der Waals surface area contributed by atoms with E-state index in [2.05, 4.69) is 5.32 Å². The maximum absolute atomic E-state index is 11.1. The molecule has 13 heavy (non-hydrogen) atoms. The largest absolute Gasteiger partial charge is 0.313 e. The van der Waals surface area contributed by atoms with Gasteiger partial charge in [0.15, 0.2) is 0 Å². The van der Waals surface area contributed by atoms with Crippen LogP contribution in [-0.4, -0.2) is 33.0 Å². The first kappa shape index (κ1) is 11.0. The molecule has 78 valence electrons. The Kier molecular flexibility index (Phi) is 3.74. The van der Waals surface area contributed by atoms with Crippen LogP contribution in [0.3, 0.4) is 0 Å². The smallest absolute Gasteiger partial charge is 0.148 e. The first-order valence-corrected chi connectivity index (χ1v) is 6.98. The van der Waals surface area contributed by atoms with Gasteiger partial charge in [0.05, 0.1) is 5.75 Å². The summed E-state index contributed by atoms with van der Waals surface area (Å²) < 4.78 is 22.2. The van der Waals surface area contributed by atoms with Crippen LogP contribution in [0, 0.1) is 5.92 Å². The molecule has 0 aromatic heterocycles. The van der Waals surface area contributed by atoms with Crippen molar-refractivity contribution in [2.24, 2.45) is 5.92 Å². The van der Waals surface area contributed by atoms with Gasteiger partial charge in [0.25, 0.3) is 0 Å². The lowest BCUT2D eigenvalue weighted by atomic mass is 10.1. The van der Waals surface area contributed by atoms with E-state index in [0.29, 0.717) is 0 Å². The SMILES string of the molecule is CCNC(CC1CC1)CS(C)(=O)=O. The summed E-state index contributed by atoms with van der Waals surface area (Å²) in [7, 11) is -2.83. The van der Waals surface area contributed by atoms with Crippen molar-refractivity contribution in [2.45, 2.75) is 32.2 Å². The monoisotopic (exact) mass is 205 g/mol. The third kappa shape index (κ3) is 5.26. The third-order valence-electron chi connectivity index (χ3n) is 2.31. The van der Waals surface area contributed by atoms with E-state index < -0.39 is 9.84 Å². The molecule has 1 aliphatic rings. The summed E-state index contributed by atoms with van der Waals surface area (Å²) in [6.07, 6.45) is 4.91. The van der Waals surface area contributed by atoms with Gasteiger partial charge in [-0.25, -0.2) is 8.42 Å². The average molecular weight is 205 g/mol. The minimum Gasteiger partial charge on any atom is -0.313 e. The Balaban J connectivity index is 2.36. The summed E-state index contributed by atoms with van der Waals surface area (Å²) >= 11 is 0. The van der Waals surface area contributed by atoms with E-state index >= 15 is 0 Å². The fourth-order valence-electron chi connectivity index (χ4n) is 1.62. The third-order valence-corrected chi connectivity index (χ3v) is 3.32. The molecule has 1 saturated carbocycles. The maximum atomic E-state index is 11.1. The molecule has 1 unspecified atom stereocenters. The molecule has 0 radical (unpaired) electrons. The van der Waals surface area contributed by atoms with Crippen LogP contribution in [0.2, 0.25) is 0 Å². The molecular weight excluding hydrogens is 186 g/mol. The second-order valence-corrected chi connectivity index (χ2v) is 6.21. The molecule has 1 N–H and O–H groups in total. The Morgan fingerprint density at radius 3 is 2.46 bits per heavy atom. The van der Waals surface area contributed by atoms with Crippen LogP contribution in [0.5, 0.6) is 0 Å². The van der Waals surface area contributed by atoms with Crippen LogP contribution < -0.4 is 5.32 Å². The molecule has 4 heteroatoms. The molecule has 0 spiro atoms. The lowest BCUT2D eigenvalue weighted by molar-refractivity contribution is 0.495. The van der Waals surface area contributed by atoms with Crippen molar-refractivity contribution in [3.05, 3.63) is 0 Å². The van der Waals surface area contributed by atoms with Crippen LogP contribution in [-0.2, 0) is 9.84 Å². The minimum atomic E-state index is -2.83. The summed E-state index contributed by atoms with van der Waals surface area (Å²) in [5, 5.41) is 3.23. The highest BCUT2D eigenvalue weighted by atomic mass is 32.2. The van der Waals surface area contributed by atoms with Crippen molar-refractivity contribution >= 4 is 9.84 Å². The van der Waals surface area contributed by atoms with Crippen molar-refractivity contribution in [2.75, 3.05) is 18.6 Å². The molecule has 0 aromatic rings. The van der Waals surface area contributed by atoms with E-state index in [-0.39, 0.29) is 11.8 Å². The van der Waals surface area contributed by atoms with Gasteiger partial charge in [-0.15, -0.1) is 0 Å². The lowest BCUT2D eigenvalue weighted by Gasteiger charge is -2.15. The van der Waals surface area contributed by atoms with E-state index in [9.17, 15) is 8.42 Å². The molecule has 0 saturated heterocycles. The Labute approximate surface area is 80.8 Å². The summed E-state index contributed by atoms with van der Waals surface area (Å²) in [4.78, 5) is 0. The van der Waals surface area contributed by atoms with Gasteiger partial charge in [-0.1, -0.05) is 19.8 Å². The average Bonchev–Trinajstić information content (AvgIpc) is 2.68. The van der Waals surface area contributed by atoms with E-state index in [4.69, 9.17) is 0 Å². The Morgan fingerprint density at radius 2 is 2.08 bits per heavy atom. The van der Waals surface area contributed by atoms with E-state index in [1.165, 1.54) is 19.1 Å².